The van der Waals surface area contributed by atoms with Gasteiger partial charge in [0, 0.05) is 16.7 Å². The maximum Gasteiger partial charge on any atom is 0.269 e. The predicted octanol–water partition coefficient (Wildman–Crippen LogP) is 2.89. The normalized spacial score (nSPS) is 12.7. The van der Waals surface area contributed by atoms with Gasteiger partial charge in [0.2, 0.25) is 0 Å². The summed E-state index contributed by atoms with van der Waals surface area (Å²) in [6.07, 6.45) is 2.92. The van der Waals surface area contributed by atoms with E-state index in [1.807, 2.05) is 19.1 Å². The van der Waals surface area contributed by atoms with Crippen molar-refractivity contribution in [2.45, 2.75) is 6.92 Å². The van der Waals surface area contributed by atoms with Crippen LogP contribution < -0.4 is 20.3 Å². The summed E-state index contributed by atoms with van der Waals surface area (Å²) in [5.41, 5.74) is 6.77. The van der Waals surface area contributed by atoms with Crippen molar-refractivity contribution < 1.29 is 19.1 Å². The zero-order chi connectivity index (χ0) is 18.5. The van der Waals surface area contributed by atoms with Crippen molar-refractivity contribution in [1.82, 2.24) is 10.9 Å². The maximum absolute atomic E-state index is 12.1. The number of carbonyl (C=O) groups is 2. The minimum absolute atomic E-state index is 0.351. The number of rotatable bonds is 3. The first kappa shape index (κ1) is 17.8. The Morgan fingerprint density at radius 3 is 2.58 bits per heavy atom. The number of aryl methyl sites for hydroxylation is 1. The Bertz CT molecular complexity index is 880. The van der Waals surface area contributed by atoms with E-state index in [1.54, 1.807) is 30.3 Å². The summed E-state index contributed by atoms with van der Waals surface area (Å²) in [5.74, 6) is 0.178. The van der Waals surface area contributed by atoms with E-state index in [0.29, 0.717) is 35.3 Å². The van der Waals surface area contributed by atoms with Gasteiger partial charge in [0.05, 0.1) is 0 Å². The first-order valence-corrected chi connectivity index (χ1v) is 8.35. The monoisotopic (exact) mass is 372 g/mol. The second-order valence-corrected chi connectivity index (χ2v) is 6.05. The Balaban J connectivity index is 1.56. The number of amides is 2. The minimum atomic E-state index is -0.465. The highest BCUT2D eigenvalue weighted by Crippen LogP contribution is 2.30. The molecule has 1 heterocycles. The molecule has 0 fully saturated rings. The summed E-state index contributed by atoms with van der Waals surface area (Å²) in [6.45, 7) is 2.81. The topological polar surface area (TPSA) is 76.7 Å². The van der Waals surface area contributed by atoms with Crippen molar-refractivity contribution >= 4 is 29.5 Å². The molecule has 0 spiro atoms. The Kier molecular flexibility index (Phi) is 5.43. The van der Waals surface area contributed by atoms with E-state index in [-0.39, 0.29) is 0 Å². The van der Waals surface area contributed by atoms with Crippen molar-refractivity contribution in [3.63, 3.8) is 0 Å². The van der Waals surface area contributed by atoms with Gasteiger partial charge in [0.15, 0.2) is 11.5 Å². The molecule has 0 saturated heterocycles. The molecule has 6 nitrogen and oxygen atoms in total. The molecule has 0 unspecified atom stereocenters. The zero-order valence-electron chi connectivity index (χ0n) is 14.0. The van der Waals surface area contributed by atoms with E-state index in [2.05, 4.69) is 10.9 Å². The van der Waals surface area contributed by atoms with Gasteiger partial charge in [-0.25, -0.2) is 0 Å². The summed E-state index contributed by atoms with van der Waals surface area (Å²) in [6, 6.07) is 10.3. The first-order valence-electron chi connectivity index (χ1n) is 7.97. The molecule has 1 aliphatic heterocycles. The quantitative estimate of drug-likeness (QED) is 0.641. The number of ether oxygens (including phenoxy) is 2. The summed E-state index contributed by atoms with van der Waals surface area (Å²) in [4.78, 5) is 24.0. The average Bonchev–Trinajstić information content (AvgIpc) is 2.66. The largest absolute Gasteiger partial charge is 0.486 e. The molecule has 3 rings (SSSR count). The van der Waals surface area contributed by atoms with Gasteiger partial charge in [0.1, 0.15) is 13.2 Å². The SMILES string of the molecule is Cc1ccc(/C=C/C(=O)NNC(=O)c2ccc3c(c2)OCCO3)cc1Cl. The van der Waals surface area contributed by atoms with Gasteiger partial charge in [-0.1, -0.05) is 23.7 Å². The lowest BCUT2D eigenvalue weighted by atomic mass is 10.1. The third-order valence-corrected chi connectivity index (χ3v) is 4.13. The molecular weight excluding hydrogens is 356 g/mol. The molecule has 0 bridgehead atoms. The van der Waals surface area contributed by atoms with Gasteiger partial charge in [-0.2, -0.15) is 0 Å². The average molecular weight is 373 g/mol. The first-order chi connectivity index (χ1) is 12.5. The smallest absolute Gasteiger partial charge is 0.269 e. The molecule has 26 heavy (non-hydrogen) atoms. The fourth-order valence-electron chi connectivity index (χ4n) is 2.30. The summed E-state index contributed by atoms with van der Waals surface area (Å²) in [5, 5.41) is 0.625. The Hall–Kier alpha value is -2.99. The van der Waals surface area contributed by atoms with Crippen LogP contribution in [-0.4, -0.2) is 25.0 Å². The number of benzene rings is 2. The van der Waals surface area contributed by atoms with Gasteiger partial charge in [-0.3, -0.25) is 20.4 Å². The summed E-state index contributed by atoms with van der Waals surface area (Å²) < 4.78 is 10.8. The molecule has 0 aromatic heterocycles. The van der Waals surface area contributed by atoms with E-state index >= 15 is 0 Å². The van der Waals surface area contributed by atoms with E-state index in [4.69, 9.17) is 21.1 Å². The lowest BCUT2D eigenvalue weighted by molar-refractivity contribution is -0.117. The lowest BCUT2D eigenvalue weighted by Gasteiger charge is -2.18. The number of fused-ring (bicyclic) bond motifs is 1. The van der Waals surface area contributed by atoms with Gasteiger partial charge >= 0.3 is 0 Å². The van der Waals surface area contributed by atoms with Gasteiger partial charge in [-0.15, -0.1) is 0 Å². The molecule has 0 atom stereocenters. The van der Waals surface area contributed by atoms with Crippen LogP contribution in [0.1, 0.15) is 21.5 Å². The third kappa shape index (κ3) is 4.34. The fraction of sp³-hybridized carbons (Fsp3) is 0.158. The van der Waals surface area contributed by atoms with Crippen molar-refractivity contribution in [3.8, 4) is 11.5 Å². The number of nitrogens with one attached hydrogen (secondary N) is 2. The number of hydrogen-bond acceptors (Lipinski definition) is 4. The van der Waals surface area contributed by atoms with Gasteiger partial charge in [0.25, 0.3) is 11.8 Å². The molecule has 0 aliphatic carbocycles. The zero-order valence-corrected chi connectivity index (χ0v) is 14.8. The van der Waals surface area contributed by atoms with E-state index in [1.165, 1.54) is 6.08 Å². The molecule has 2 aromatic carbocycles. The van der Waals surface area contributed by atoms with Crippen LogP contribution >= 0.6 is 11.6 Å². The van der Waals surface area contributed by atoms with Crippen LogP contribution in [0.4, 0.5) is 0 Å². The third-order valence-electron chi connectivity index (χ3n) is 3.73. The second kappa shape index (κ2) is 7.93. The van der Waals surface area contributed by atoms with Crippen LogP contribution in [0.3, 0.4) is 0 Å². The highest BCUT2D eigenvalue weighted by Gasteiger charge is 2.15. The molecule has 1 aliphatic rings. The van der Waals surface area contributed by atoms with E-state index in [0.717, 1.165) is 11.1 Å². The van der Waals surface area contributed by atoms with Gasteiger partial charge < -0.3 is 9.47 Å². The number of hydrazine groups is 1. The molecule has 134 valence electrons. The van der Waals surface area contributed by atoms with Crippen LogP contribution in [-0.2, 0) is 4.79 Å². The molecule has 2 aromatic rings. The van der Waals surface area contributed by atoms with Crippen molar-refractivity contribution in [3.05, 3.63) is 64.2 Å². The van der Waals surface area contributed by atoms with Crippen molar-refractivity contribution in [1.29, 1.82) is 0 Å². The molecule has 7 heteroatoms. The number of carbonyl (C=O) groups excluding carboxylic acids is 2. The number of halogens is 1. The Morgan fingerprint density at radius 1 is 1.04 bits per heavy atom. The molecule has 0 saturated carbocycles. The maximum atomic E-state index is 12.1. The molecular formula is C19H17ClN2O4. The standard InChI is InChI=1S/C19H17ClN2O4/c1-12-2-3-13(10-15(12)20)4-7-18(23)21-22-19(24)14-5-6-16-17(11-14)26-9-8-25-16/h2-7,10-11H,8-9H2,1H3,(H,21,23)(H,22,24)/b7-4+. The van der Waals surface area contributed by atoms with E-state index in [9.17, 15) is 9.59 Å². The molecule has 0 radical (unpaired) electrons. The molecule has 2 amide bonds. The Labute approximate surface area is 155 Å². The summed E-state index contributed by atoms with van der Waals surface area (Å²) >= 11 is 6.04. The van der Waals surface area contributed by atoms with E-state index < -0.39 is 11.8 Å². The van der Waals surface area contributed by atoms with Crippen LogP contribution in [0, 0.1) is 6.92 Å². The van der Waals surface area contributed by atoms with Crippen LogP contribution in [0.2, 0.25) is 5.02 Å². The lowest BCUT2D eigenvalue weighted by Crippen LogP contribution is -2.40. The fourth-order valence-corrected chi connectivity index (χ4v) is 2.49. The van der Waals surface area contributed by atoms with Gasteiger partial charge in [-0.05, 0) is 48.4 Å². The minimum Gasteiger partial charge on any atom is -0.486 e. The summed E-state index contributed by atoms with van der Waals surface area (Å²) in [7, 11) is 0. The number of hydrogen-bond donors (Lipinski definition) is 2. The second-order valence-electron chi connectivity index (χ2n) is 5.64. The van der Waals surface area contributed by atoms with Crippen LogP contribution in [0.15, 0.2) is 42.5 Å². The Morgan fingerprint density at radius 2 is 1.81 bits per heavy atom. The highest BCUT2D eigenvalue weighted by molar-refractivity contribution is 6.31. The van der Waals surface area contributed by atoms with Crippen LogP contribution in [0.25, 0.3) is 6.08 Å². The molecule has 2 N–H and O–H groups in total. The van der Waals surface area contributed by atoms with Crippen molar-refractivity contribution in [2.24, 2.45) is 0 Å². The van der Waals surface area contributed by atoms with Crippen LogP contribution in [0.5, 0.6) is 11.5 Å². The highest BCUT2D eigenvalue weighted by atomic mass is 35.5. The van der Waals surface area contributed by atoms with Crippen molar-refractivity contribution in [2.75, 3.05) is 13.2 Å². The predicted molar refractivity (Wildman–Crippen MR) is 98.3 cm³/mol.